The number of alkyl halides is 2. The lowest BCUT2D eigenvalue weighted by atomic mass is 10.0. The molecule has 27 heavy (non-hydrogen) atoms. The minimum atomic E-state index is -2.86. The Bertz CT molecular complexity index is 821. The van der Waals surface area contributed by atoms with Gasteiger partial charge in [-0.15, -0.1) is 11.8 Å². The first-order valence-electron chi connectivity index (χ1n) is 8.52. The Labute approximate surface area is 166 Å². The molecule has 0 aliphatic carbocycles. The number of carbonyl (C=O) groups is 1. The number of carbonyl (C=O) groups excluding carboxylic acids is 1. The second-order valence-electron chi connectivity index (χ2n) is 6.59. The van der Waals surface area contributed by atoms with Gasteiger partial charge in [-0.1, -0.05) is 23.7 Å². The largest absolute Gasteiger partial charge is 0.434 e. The van der Waals surface area contributed by atoms with Gasteiger partial charge in [0.05, 0.1) is 5.25 Å². The van der Waals surface area contributed by atoms with Crippen molar-refractivity contribution in [3.05, 3.63) is 63.7 Å². The maximum Gasteiger partial charge on any atom is 0.387 e. The minimum absolute atomic E-state index is 0.0585. The molecule has 1 heterocycles. The monoisotopic (exact) mass is 411 g/mol. The Hall–Kier alpha value is -1.79. The highest BCUT2D eigenvalue weighted by Crippen LogP contribution is 2.45. The van der Waals surface area contributed by atoms with Crippen LogP contribution in [-0.2, 0) is 11.3 Å². The lowest BCUT2D eigenvalue weighted by Crippen LogP contribution is -2.29. The van der Waals surface area contributed by atoms with Crippen LogP contribution in [0.2, 0.25) is 5.02 Å². The molecular weight excluding hydrogens is 392 g/mol. The topological polar surface area (TPSA) is 29.5 Å². The molecule has 0 unspecified atom stereocenters. The van der Waals surface area contributed by atoms with Crippen LogP contribution in [0, 0.1) is 13.8 Å². The zero-order valence-corrected chi connectivity index (χ0v) is 16.8. The summed E-state index contributed by atoms with van der Waals surface area (Å²) in [5.74, 6) is 0.253. The molecule has 2 aromatic rings. The Balaban J connectivity index is 1.91. The van der Waals surface area contributed by atoms with E-state index in [4.69, 9.17) is 11.6 Å². The molecular formula is C20H20ClF2NO2S. The lowest BCUT2D eigenvalue weighted by Gasteiger charge is -2.25. The van der Waals surface area contributed by atoms with E-state index in [0.29, 0.717) is 22.7 Å². The van der Waals surface area contributed by atoms with Crippen LogP contribution < -0.4 is 4.74 Å². The molecule has 1 aliphatic rings. The van der Waals surface area contributed by atoms with Gasteiger partial charge in [-0.3, -0.25) is 4.79 Å². The van der Waals surface area contributed by atoms with E-state index < -0.39 is 6.61 Å². The molecule has 0 radical (unpaired) electrons. The fourth-order valence-corrected chi connectivity index (χ4v) is 4.66. The maximum atomic E-state index is 12.7. The Morgan fingerprint density at radius 3 is 2.33 bits per heavy atom. The van der Waals surface area contributed by atoms with Gasteiger partial charge >= 0.3 is 6.61 Å². The summed E-state index contributed by atoms with van der Waals surface area (Å²) >= 11 is 7.50. The van der Waals surface area contributed by atoms with E-state index in [-0.39, 0.29) is 22.3 Å². The van der Waals surface area contributed by atoms with Gasteiger partial charge in [-0.05, 0) is 67.3 Å². The third-order valence-electron chi connectivity index (χ3n) is 4.49. The number of thioether (sulfide) groups is 1. The molecule has 3 rings (SSSR count). The van der Waals surface area contributed by atoms with Crippen molar-refractivity contribution in [2.24, 2.45) is 0 Å². The highest BCUT2D eigenvalue weighted by molar-refractivity contribution is 8.01. The molecule has 1 amide bonds. The minimum Gasteiger partial charge on any atom is -0.434 e. The number of rotatable bonds is 5. The molecule has 3 nitrogen and oxygen atoms in total. The molecule has 144 valence electrons. The fraction of sp³-hybridized carbons (Fsp3) is 0.350. The molecule has 2 aromatic carbocycles. The quantitative estimate of drug-likeness (QED) is 0.630. The zero-order chi connectivity index (χ0) is 19.7. The van der Waals surface area contributed by atoms with Gasteiger partial charge in [0.15, 0.2) is 0 Å². The van der Waals surface area contributed by atoms with Crippen LogP contribution in [0.4, 0.5) is 8.78 Å². The van der Waals surface area contributed by atoms with E-state index in [1.807, 2.05) is 36.1 Å². The van der Waals surface area contributed by atoms with E-state index in [1.54, 1.807) is 37.7 Å². The smallest absolute Gasteiger partial charge is 0.387 e. The van der Waals surface area contributed by atoms with Gasteiger partial charge in [0.2, 0.25) is 5.91 Å². The summed E-state index contributed by atoms with van der Waals surface area (Å²) in [5.41, 5.74) is 3.15. The van der Waals surface area contributed by atoms with Crippen molar-refractivity contribution in [3.8, 4) is 5.75 Å². The summed E-state index contributed by atoms with van der Waals surface area (Å²) in [6.07, 6.45) is 0. The molecule has 7 heteroatoms. The summed E-state index contributed by atoms with van der Waals surface area (Å²) in [6.45, 7) is 2.96. The first-order valence-corrected chi connectivity index (χ1v) is 9.84. The van der Waals surface area contributed by atoms with Crippen LogP contribution in [0.25, 0.3) is 0 Å². The molecule has 2 atom stereocenters. The summed E-state index contributed by atoms with van der Waals surface area (Å²) in [5, 5.41) is 0.299. The normalized spacial score (nSPS) is 19.8. The molecule has 0 bridgehead atoms. The van der Waals surface area contributed by atoms with Gasteiger partial charge in [0, 0.05) is 11.6 Å². The number of hydrogen-bond donors (Lipinski definition) is 0. The molecule has 0 aromatic heterocycles. The molecule has 1 aliphatic heterocycles. The maximum absolute atomic E-state index is 12.7. The first kappa shape index (κ1) is 20.0. The number of aryl methyl sites for hydroxylation is 2. The number of benzene rings is 2. The Morgan fingerprint density at radius 2 is 1.78 bits per heavy atom. The SMILES string of the molecule is Cc1cc([C@@H]2S[C@@H](C)C(=O)N2Cc2ccc(Cl)cc2)cc(C)c1OC(F)F. The van der Waals surface area contributed by atoms with Crippen molar-refractivity contribution < 1.29 is 18.3 Å². The number of ether oxygens (including phenoxy) is 1. The van der Waals surface area contributed by atoms with Gasteiger partial charge in [-0.2, -0.15) is 8.78 Å². The van der Waals surface area contributed by atoms with Crippen molar-refractivity contribution in [2.75, 3.05) is 0 Å². The van der Waals surface area contributed by atoms with Crippen molar-refractivity contribution in [3.63, 3.8) is 0 Å². The second kappa shape index (κ2) is 8.07. The Kier molecular flexibility index (Phi) is 5.96. The van der Waals surface area contributed by atoms with Gasteiger partial charge in [0.1, 0.15) is 11.1 Å². The van der Waals surface area contributed by atoms with Crippen molar-refractivity contribution >= 4 is 29.3 Å². The van der Waals surface area contributed by atoms with Crippen LogP contribution in [0.15, 0.2) is 36.4 Å². The zero-order valence-electron chi connectivity index (χ0n) is 15.2. The number of amides is 1. The molecule has 0 saturated carbocycles. The van der Waals surface area contributed by atoms with Crippen molar-refractivity contribution in [2.45, 2.75) is 44.6 Å². The van der Waals surface area contributed by atoms with Crippen molar-refractivity contribution in [1.82, 2.24) is 4.90 Å². The Morgan fingerprint density at radius 1 is 1.19 bits per heavy atom. The van der Waals surface area contributed by atoms with E-state index in [2.05, 4.69) is 4.74 Å². The van der Waals surface area contributed by atoms with Crippen LogP contribution in [0.1, 0.15) is 34.6 Å². The first-order chi connectivity index (χ1) is 12.8. The predicted molar refractivity (Wildman–Crippen MR) is 104 cm³/mol. The lowest BCUT2D eigenvalue weighted by molar-refractivity contribution is -0.130. The number of nitrogens with zero attached hydrogens (tertiary/aromatic N) is 1. The molecule has 0 spiro atoms. The van der Waals surface area contributed by atoms with Crippen LogP contribution >= 0.6 is 23.4 Å². The predicted octanol–water partition coefficient (Wildman–Crippen LogP) is 5.72. The summed E-state index contributed by atoms with van der Waals surface area (Å²) in [7, 11) is 0. The number of halogens is 3. The highest BCUT2D eigenvalue weighted by atomic mass is 35.5. The average molecular weight is 412 g/mol. The standard InChI is InChI=1S/C20H20ClF2NO2S/c1-11-8-15(9-12(2)17(11)26-20(22)23)19-24(18(25)13(3)27-19)10-14-4-6-16(21)7-5-14/h4-9,13,19-20H,10H2,1-3H3/t13-,19-/m0/s1. The van der Waals surface area contributed by atoms with Gasteiger partial charge in [-0.25, -0.2) is 0 Å². The van der Waals surface area contributed by atoms with E-state index in [0.717, 1.165) is 11.1 Å². The van der Waals surface area contributed by atoms with Crippen LogP contribution in [0.5, 0.6) is 5.75 Å². The highest BCUT2D eigenvalue weighted by Gasteiger charge is 2.38. The fourth-order valence-electron chi connectivity index (χ4n) is 3.28. The van der Waals surface area contributed by atoms with E-state index in [9.17, 15) is 13.6 Å². The summed E-state index contributed by atoms with van der Waals surface area (Å²) < 4.78 is 29.9. The number of hydrogen-bond acceptors (Lipinski definition) is 3. The summed E-state index contributed by atoms with van der Waals surface area (Å²) in [6, 6.07) is 11.0. The van der Waals surface area contributed by atoms with Crippen LogP contribution in [-0.4, -0.2) is 22.7 Å². The summed E-state index contributed by atoms with van der Waals surface area (Å²) in [4.78, 5) is 14.5. The third kappa shape index (κ3) is 4.38. The molecule has 1 saturated heterocycles. The van der Waals surface area contributed by atoms with Crippen molar-refractivity contribution in [1.29, 1.82) is 0 Å². The molecule has 1 fully saturated rings. The van der Waals surface area contributed by atoms with E-state index >= 15 is 0 Å². The van der Waals surface area contributed by atoms with Gasteiger partial charge in [0.25, 0.3) is 0 Å². The van der Waals surface area contributed by atoms with E-state index in [1.165, 1.54) is 0 Å². The third-order valence-corrected chi connectivity index (χ3v) is 6.13. The average Bonchev–Trinajstić information content (AvgIpc) is 2.88. The van der Waals surface area contributed by atoms with Crippen LogP contribution in [0.3, 0.4) is 0 Å². The molecule has 0 N–H and O–H groups in total. The van der Waals surface area contributed by atoms with Gasteiger partial charge < -0.3 is 9.64 Å². The second-order valence-corrected chi connectivity index (χ2v) is 8.45.